The van der Waals surface area contributed by atoms with E-state index in [1.807, 2.05) is 0 Å². The van der Waals surface area contributed by atoms with Gasteiger partial charge in [0, 0.05) is 0 Å². The zero-order valence-corrected chi connectivity index (χ0v) is 6.34. The van der Waals surface area contributed by atoms with Gasteiger partial charge in [0.1, 0.15) is 0 Å². The van der Waals surface area contributed by atoms with Gasteiger partial charge >= 0.3 is 68.8 Å². The minimum absolute atomic E-state index is 0.344. The Bertz CT molecular complexity index is 298. The molecule has 0 atom stereocenters. The molecule has 0 aliphatic heterocycles. The van der Waals surface area contributed by atoms with E-state index in [2.05, 4.69) is 0 Å². The average Bonchev–Trinajstić information content (AvgIpc) is 2.05. The molecule has 0 saturated heterocycles. The third-order valence-electron chi connectivity index (χ3n) is 1.25. The van der Waals surface area contributed by atoms with Crippen molar-refractivity contribution in [2.45, 2.75) is 0 Å². The Kier molecular flexibility index (Phi) is 2.55. The van der Waals surface area contributed by atoms with Gasteiger partial charge in [-0.1, -0.05) is 0 Å². The summed E-state index contributed by atoms with van der Waals surface area (Å²) in [5.74, 6) is 0. The maximum absolute atomic E-state index is 10.6. The molecule has 0 saturated carbocycles. The van der Waals surface area contributed by atoms with E-state index in [9.17, 15) is 9.50 Å². The number of halogens is 1. The molecule has 2 nitrogen and oxygen atoms in total. The standard InChI is InChI=1S/C7H4BClO2/c9-7(10)5-2-1-3-6(4-5)8-11/h1-4H. The van der Waals surface area contributed by atoms with Crippen LogP contribution in [0.15, 0.2) is 24.3 Å². The van der Waals surface area contributed by atoms with Crippen LogP contribution in [0, 0.1) is 0 Å². The molecule has 0 bridgehead atoms. The van der Waals surface area contributed by atoms with Crippen molar-refractivity contribution >= 4 is 29.5 Å². The number of hydrogen-bond acceptors (Lipinski definition) is 2. The van der Waals surface area contributed by atoms with Crippen LogP contribution in [0.2, 0.25) is 0 Å². The minimum atomic E-state index is -0.547. The Morgan fingerprint density at radius 1 is 1.45 bits per heavy atom. The van der Waals surface area contributed by atoms with E-state index < -0.39 is 5.24 Å². The van der Waals surface area contributed by atoms with Crippen LogP contribution < -0.4 is 5.46 Å². The van der Waals surface area contributed by atoms with Crippen LogP contribution >= 0.6 is 11.6 Å². The fourth-order valence-electron chi connectivity index (χ4n) is 0.734. The zero-order valence-electron chi connectivity index (χ0n) is 5.58. The van der Waals surface area contributed by atoms with E-state index in [0.29, 0.717) is 18.2 Å². The van der Waals surface area contributed by atoms with E-state index in [-0.39, 0.29) is 0 Å². The molecular weight excluding hydrogens is 162 g/mol. The molecule has 0 fully saturated rings. The van der Waals surface area contributed by atoms with Crippen LogP contribution in [0.25, 0.3) is 0 Å². The second-order valence-electron chi connectivity index (χ2n) is 2.02. The van der Waals surface area contributed by atoms with Crippen molar-refractivity contribution in [1.82, 2.24) is 0 Å². The Morgan fingerprint density at radius 2 is 2.18 bits per heavy atom. The Balaban J connectivity index is 3.10. The molecule has 0 heterocycles. The van der Waals surface area contributed by atoms with Gasteiger partial charge in [0.25, 0.3) is 0 Å². The van der Waals surface area contributed by atoms with Crippen molar-refractivity contribution in [3.05, 3.63) is 29.8 Å². The summed E-state index contributed by atoms with van der Waals surface area (Å²) in [6.07, 6.45) is 0. The summed E-state index contributed by atoms with van der Waals surface area (Å²) >= 11 is 5.18. The molecule has 54 valence electrons. The van der Waals surface area contributed by atoms with Gasteiger partial charge in [-0.2, -0.15) is 0 Å². The number of rotatable bonds is 2. The second-order valence-corrected chi connectivity index (χ2v) is 2.36. The summed E-state index contributed by atoms with van der Waals surface area (Å²) in [5.41, 5.74) is 0.799. The topological polar surface area (TPSA) is 34.1 Å². The molecule has 1 rings (SSSR count). The molecular formula is C7H4BClO2. The van der Waals surface area contributed by atoms with Crippen molar-refractivity contribution in [1.29, 1.82) is 0 Å². The Morgan fingerprint density at radius 3 is 2.73 bits per heavy atom. The molecule has 0 N–H and O–H groups in total. The summed E-state index contributed by atoms with van der Waals surface area (Å²) < 4.78 is 10.2. The van der Waals surface area contributed by atoms with Gasteiger partial charge in [0.05, 0.1) is 0 Å². The van der Waals surface area contributed by atoms with Crippen molar-refractivity contribution in [3.8, 4) is 0 Å². The van der Waals surface area contributed by atoms with Gasteiger partial charge in [-0.15, -0.1) is 0 Å². The number of carbonyl (C=O) groups is 1. The van der Waals surface area contributed by atoms with Crippen LogP contribution in [0.1, 0.15) is 10.4 Å². The van der Waals surface area contributed by atoms with Crippen LogP contribution in [-0.4, -0.2) is 12.4 Å². The zero-order chi connectivity index (χ0) is 8.27. The monoisotopic (exact) mass is 166 g/mol. The molecule has 0 spiro atoms. The van der Waals surface area contributed by atoms with E-state index in [1.54, 1.807) is 18.2 Å². The van der Waals surface area contributed by atoms with Gasteiger partial charge < -0.3 is 0 Å². The first-order valence-corrected chi connectivity index (χ1v) is 3.37. The molecule has 1 aromatic carbocycles. The SMILES string of the molecule is O=Bc1cccc(C(=O)Cl)c1. The van der Waals surface area contributed by atoms with Gasteiger partial charge in [-0.05, 0) is 0 Å². The summed E-state index contributed by atoms with van der Waals surface area (Å²) in [7, 11) is 0.670. The first-order chi connectivity index (χ1) is 5.24. The fraction of sp³-hybridized carbons (Fsp3) is 0. The van der Waals surface area contributed by atoms with Crippen LogP contribution in [0.4, 0.5) is 0 Å². The predicted octanol–water partition coefficient (Wildman–Crippen LogP) is 0.741. The summed E-state index contributed by atoms with van der Waals surface area (Å²) in [4.78, 5) is 10.6. The molecule has 0 aromatic heterocycles. The molecule has 0 aliphatic carbocycles. The third kappa shape index (κ3) is 1.98. The van der Waals surface area contributed by atoms with Crippen LogP contribution in [0.3, 0.4) is 0 Å². The first kappa shape index (κ1) is 8.14. The summed E-state index contributed by atoms with van der Waals surface area (Å²) in [6, 6.07) is 6.22. The van der Waals surface area contributed by atoms with Crippen molar-refractivity contribution in [2.75, 3.05) is 0 Å². The van der Waals surface area contributed by atoms with Crippen LogP contribution in [-0.2, 0) is 4.70 Å². The average molecular weight is 166 g/mol. The molecule has 4 heteroatoms. The van der Waals surface area contributed by atoms with Gasteiger partial charge in [-0.25, -0.2) is 0 Å². The van der Waals surface area contributed by atoms with E-state index in [1.165, 1.54) is 6.07 Å². The van der Waals surface area contributed by atoms with E-state index >= 15 is 0 Å². The normalized spacial score (nSPS) is 8.82. The second kappa shape index (κ2) is 3.44. The Hall–Kier alpha value is -0.955. The first-order valence-electron chi connectivity index (χ1n) is 2.99. The fourth-order valence-corrected chi connectivity index (χ4v) is 0.852. The molecule has 0 unspecified atom stereocenters. The van der Waals surface area contributed by atoms with Crippen LogP contribution in [0.5, 0.6) is 0 Å². The predicted molar refractivity (Wildman–Crippen MR) is 42.7 cm³/mol. The molecule has 11 heavy (non-hydrogen) atoms. The third-order valence-corrected chi connectivity index (χ3v) is 1.47. The number of carbonyl (C=O) groups excluding carboxylic acids is 1. The maximum atomic E-state index is 10.6. The molecule has 0 radical (unpaired) electrons. The summed E-state index contributed by atoms with van der Waals surface area (Å²) in [6.45, 7) is 0. The van der Waals surface area contributed by atoms with Crippen molar-refractivity contribution < 1.29 is 9.50 Å². The quantitative estimate of drug-likeness (QED) is 0.480. The van der Waals surface area contributed by atoms with Crippen molar-refractivity contribution in [2.24, 2.45) is 0 Å². The van der Waals surface area contributed by atoms with E-state index in [4.69, 9.17) is 11.6 Å². The molecule has 0 amide bonds. The molecule has 0 aliphatic rings. The van der Waals surface area contributed by atoms with E-state index in [0.717, 1.165) is 0 Å². The van der Waals surface area contributed by atoms with Gasteiger partial charge in [0.15, 0.2) is 0 Å². The van der Waals surface area contributed by atoms with Gasteiger partial charge in [-0.3, -0.25) is 0 Å². The molecule has 1 aromatic rings. The summed E-state index contributed by atoms with van der Waals surface area (Å²) in [5, 5.41) is -0.547. The Labute approximate surface area is 69.4 Å². The van der Waals surface area contributed by atoms with Gasteiger partial charge in [0.2, 0.25) is 0 Å². The number of hydrogen-bond donors (Lipinski definition) is 0. The number of benzene rings is 1. The van der Waals surface area contributed by atoms with Crippen molar-refractivity contribution in [3.63, 3.8) is 0 Å².